The number of aryl methyl sites for hydroxylation is 2. The predicted molar refractivity (Wildman–Crippen MR) is 113 cm³/mol. The minimum atomic E-state index is -0.255. The molecular weight excluding hydrogens is 388 g/mol. The molecule has 0 aromatic carbocycles. The molecule has 29 heavy (non-hydrogen) atoms. The Morgan fingerprint density at radius 2 is 1.93 bits per heavy atom. The summed E-state index contributed by atoms with van der Waals surface area (Å²) in [7, 11) is 0. The third kappa shape index (κ3) is 4.24. The summed E-state index contributed by atoms with van der Waals surface area (Å²) >= 11 is 6.27. The number of hydrogen-bond donors (Lipinski definition) is 1. The van der Waals surface area contributed by atoms with E-state index in [0.717, 1.165) is 43.1 Å². The highest BCUT2D eigenvalue weighted by molar-refractivity contribution is 6.33. The summed E-state index contributed by atoms with van der Waals surface area (Å²) in [6.45, 7) is 5.56. The Morgan fingerprint density at radius 1 is 1.14 bits per heavy atom. The molecule has 0 atom stereocenters. The maximum Gasteiger partial charge on any atom is 0.271 e. The number of nitrogens with one attached hydrogen (secondary N) is 1. The Kier molecular flexibility index (Phi) is 5.49. The van der Waals surface area contributed by atoms with Gasteiger partial charge in [-0.05, 0) is 57.0 Å². The van der Waals surface area contributed by atoms with Crippen LogP contribution in [-0.4, -0.2) is 44.8 Å². The average Bonchev–Trinajstić information content (AvgIpc) is 3.07. The molecule has 0 aliphatic carbocycles. The summed E-state index contributed by atoms with van der Waals surface area (Å²) in [5.41, 5.74) is 2.07. The summed E-state index contributed by atoms with van der Waals surface area (Å²) in [4.78, 5) is 24.0. The highest BCUT2D eigenvalue weighted by atomic mass is 35.5. The first-order chi connectivity index (χ1) is 14.0. The van der Waals surface area contributed by atoms with Gasteiger partial charge in [-0.15, -0.1) is 0 Å². The van der Waals surface area contributed by atoms with Crippen LogP contribution in [0.25, 0.3) is 5.82 Å². The van der Waals surface area contributed by atoms with Gasteiger partial charge in [0, 0.05) is 31.0 Å². The van der Waals surface area contributed by atoms with E-state index in [-0.39, 0.29) is 17.6 Å². The lowest BCUT2D eigenvalue weighted by Gasteiger charge is -2.33. The van der Waals surface area contributed by atoms with E-state index in [4.69, 9.17) is 11.6 Å². The SMILES string of the molecule is Cc1cc(C)n(-c2ccc(Cl)c(C(=O)NC3CCN(c4ccccn4)CC3)n2)n1. The van der Waals surface area contributed by atoms with Crippen LogP contribution in [0.3, 0.4) is 0 Å². The molecule has 0 unspecified atom stereocenters. The normalized spacial score (nSPS) is 14.8. The highest BCUT2D eigenvalue weighted by Gasteiger charge is 2.23. The Balaban J connectivity index is 1.44. The van der Waals surface area contributed by atoms with E-state index in [9.17, 15) is 4.79 Å². The Hall–Kier alpha value is -2.93. The molecule has 8 heteroatoms. The number of pyridine rings is 2. The molecule has 3 aromatic heterocycles. The Morgan fingerprint density at radius 3 is 2.59 bits per heavy atom. The monoisotopic (exact) mass is 410 g/mol. The number of piperidine rings is 1. The largest absolute Gasteiger partial charge is 0.356 e. The van der Waals surface area contributed by atoms with Crippen molar-refractivity contribution in [2.75, 3.05) is 18.0 Å². The molecule has 1 amide bonds. The zero-order valence-electron chi connectivity index (χ0n) is 16.5. The standard InChI is InChI=1S/C21H23ClN6O/c1-14-13-15(2)28(26-14)19-7-6-17(22)20(25-19)21(29)24-16-8-11-27(12-9-16)18-5-3-4-10-23-18/h3-7,10,13,16H,8-9,11-12H2,1-2H3,(H,24,29). The molecule has 150 valence electrons. The maximum atomic E-state index is 12.8. The summed E-state index contributed by atoms with van der Waals surface area (Å²) in [6.07, 6.45) is 3.49. The van der Waals surface area contributed by atoms with Gasteiger partial charge in [-0.3, -0.25) is 4.79 Å². The van der Waals surface area contributed by atoms with E-state index < -0.39 is 0 Å². The smallest absolute Gasteiger partial charge is 0.271 e. The lowest BCUT2D eigenvalue weighted by atomic mass is 10.0. The molecule has 1 N–H and O–H groups in total. The van der Waals surface area contributed by atoms with E-state index in [1.807, 2.05) is 38.1 Å². The van der Waals surface area contributed by atoms with Crippen LogP contribution in [0.15, 0.2) is 42.6 Å². The third-order valence-electron chi connectivity index (χ3n) is 5.08. The van der Waals surface area contributed by atoms with Crippen LogP contribution >= 0.6 is 11.6 Å². The van der Waals surface area contributed by atoms with Gasteiger partial charge in [0.05, 0.1) is 10.7 Å². The van der Waals surface area contributed by atoms with Crippen molar-refractivity contribution in [1.82, 2.24) is 25.1 Å². The van der Waals surface area contributed by atoms with Crippen LogP contribution in [-0.2, 0) is 0 Å². The highest BCUT2D eigenvalue weighted by Crippen LogP contribution is 2.20. The molecule has 0 bridgehead atoms. The predicted octanol–water partition coefficient (Wildman–Crippen LogP) is 3.33. The lowest BCUT2D eigenvalue weighted by molar-refractivity contribution is 0.0926. The number of halogens is 1. The molecule has 1 aliphatic heterocycles. The second-order valence-electron chi connectivity index (χ2n) is 7.26. The topological polar surface area (TPSA) is 75.9 Å². The molecule has 0 spiro atoms. The molecule has 0 saturated carbocycles. The molecule has 1 fully saturated rings. The maximum absolute atomic E-state index is 12.8. The fourth-order valence-corrected chi connectivity index (χ4v) is 3.81. The summed E-state index contributed by atoms with van der Waals surface area (Å²) < 4.78 is 1.72. The van der Waals surface area contributed by atoms with Crippen molar-refractivity contribution in [3.05, 3.63) is 64.7 Å². The van der Waals surface area contributed by atoms with Gasteiger partial charge in [-0.1, -0.05) is 17.7 Å². The van der Waals surface area contributed by atoms with Gasteiger partial charge in [0.1, 0.15) is 11.5 Å². The summed E-state index contributed by atoms with van der Waals surface area (Å²) in [5.74, 6) is 1.30. The Bertz CT molecular complexity index is 1010. The van der Waals surface area contributed by atoms with Gasteiger partial charge in [0.2, 0.25) is 0 Å². The molecule has 4 rings (SSSR count). The fraction of sp³-hybridized carbons (Fsp3) is 0.333. The average molecular weight is 411 g/mol. The molecule has 1 aliphatic rings. The number of carbonyl (C=O) groups excluding carboxylic acids is 1. The van der Waals surface area contributed by atoms with E-state index in [0.29, 0.717) is 10.8 Å². The number of rotatable bonds is 4. The van der Waals surface area contributed by atoms with Crippen molar-refractivity contribution in [2.24, 2.45) is 0 Å². The van der Waals surface area contributed by atoms with Crippen molar-refractivity contribution < 1.29 is 4.79 Å². The van der Waals surface area contributed by atoms with Crippen LogP contribution in [0.4, 0.5) is 5.82 Å². The zero-order valence-corrected chi connectivity index (χ0v) is 17.2. The van der Waals surface area contributed by atoms with Crippen molar-refractivity contribution in [3.8, 4) is 5.82 Å². The second kappa shape index (κ2) is 8.21. The van der Waals surface area contributed by atoms with Gasteiger partial charge >= 0.3 is 0 Å². The molecular formula is C21H23ClN6O. The first kappa shape index (κ1) is 19.4. The number of hydrogen-bond acceptors (Lipinski definition) is 5. The Labute approximate surface area is 174 Å². The van der Waals surface area contributed by atoms with Gasteiger partial charge in [-0.2, -0.15) is 5.10 Å². The molecule has 3 aromatic rings. The van der Waals surface area contributed by atoms with E-state index in [1.165, 1.54) is 0 Å². The van der Waals surface area contributed by atoms with Crippen molar-refractivity contribution in [2.45, 2.75) is 32.7 Å². The van der Waals surface area contributed by atoms with Crippen LogP contribution in [0, 0.1) is 13.8 Å². The van der Waals surface area contributed by atoms with Gasteiger partial charge < -0.3 is 10.2 Å². The number of nitrogens with zero attached hydrogens (tertiary/aromatic N) is 5. The minimum Gasteiger partial charge on any atom is -0.356 e. The first-order valence-electron chi connectivity index (χ1n) is 9.68. The van der Waals surface area contributed by atoms with Crippen LogP contribution < -0.4 is 10.2 Å². The first-order valence-corrected chi connectivity index (χ1v) is 10.1. The van der Waals surface area contributed by atoms with Crippen molar-refractivity contribution >= 4 is 23.3 Å². The summed E-state index contributed by atoms with van der Waals surface area (Å²) in [6, 6.07) is 11.4. The third-order valence-corrected chi connectivity index (χ3v) is 5.38. The second-order valence-corrected chi connectivity index (χ2v) is 7.67. The molecule has 1 saturated heterocycles. The summed E-state index contributed by atoms with van der Waals surface area (Å²) in [5, 5.41) is 7.85. The van der Waals surface area contributed by atoms with Crippen molar-refractivity contribution in [3.63, 3.8) is 0 Å². The van der Waals surface area contributed by atoms with Crippen LogP contribution in [0.1, 0.15) is 34.7 Å². The van der Waals surface area contributed by atoms with Gasteiger partial charge in [-0.25, -0.2) is 14.6 Å². The van der Waals surface area contributed by atoms with E-state index >= 15 is 0 Å². The zero-order chi connectivity index (χ0) is 20.4. The lowest BCUT2D eigenvalue weighted by Crippen LogP contribution is -2.45. The van der Waals surface area contributed by atoms with Gasteiger partial charge in [0.15, 0.2) is 5.82 Å². The number of aromatic nitrogens is 4. The minimum absolute atomic E-state index is 0.0812. The van der Waals surface area contributed by atoms with Gasteiger partial charge in [0.25, 0.3) is 5.91 Å². The van der Waals surface area contributed by atoms with E-state index in [1.54, 1.807) is 23.0 Å². The quantitative estimate of drug-likeness (QED) is 0.713. The molecule has 4 heterocycles. The number of anilines is 1. The molecule has 0 radical (unpaired) electrons. The number of carbonyl (C=O) groups is 1. The number of amides is 1. The van der Waals surface area contributed by atoms with Crippen LogP contribution in [0.2, 0.25) is 5.02 Å². The van der Waals surface area contributed by atoms with E-state index in [2.05, 4.69) is 25.3 Å². The molecule has 7 nitrogen and oxygen atoms in total. The fourth-order valence-electron chi connectivity index (χ4n) is 3.62. The van der Waals surface area contributed by atoms with Crippen molar-refractivity contribution in [1.29, 1.82) is 0 Å². The van der Waals surface area contributed by atoms with Crippen LogP contribution in [0.5, 0.6) is 0 Å².